The SMILES string of the molecule is c1ccc(N(c2ccc(-c3ccc(-c4nc5ccccc5o4)cc3)cc2)c2ccc(-c3ccc(C4Nc5ccccc5O4)cc3)cc2)cc1. The number of nitrogens with zero attached hydrogens (tertiary/aromatic N) is 2. The monoisotopic (exact) mass is 633 g/mol. The first-order chi connectivity index (χ1) is 24.2. The lowest BCUT2D eigenvalue weighted by Gasteiger charge is -2.26. The molecule has 1 aromatic heterocycles. The first kappa shape index (κ1) is 28.6. The molecule has 0 saturated heterocycles. The maximum atomic E-state index is 6.11. The predicted molar refractivity (Wildman–Crippen MR) is 198 cm³/mol. The van der Waals surface area contributed by atoms with Gasteiger partial charge < -0.3 is 19.4 Å². The first-order valence-corrected chi connectivity index (χ1v) is 16.4. The van der Waals surface area contributed by atoms with Gasteiger partial charge in [-0.3, -0.25) is 0 Å². The van der Waals surface area contributed by atoms with Crippen LogP contribution in [0.5, 0.6) is 5.75 Å². The van der Waals surface area contributed by atoms with Crippen molar-refractivity contribution in [1.82, 2.24) is 4.98 Å². The van der Waals surface area contributed by atoms with Gasteiger partial charge in [-0.05, 0) is 95.1 Å². The predicted octanol–water partition coefficient (Wildman–Crippen LogP) is 11.8. The van der Waals surface area contributed by atoms with Crippen molar-refractivity contribution in [3.63, 3.8) is 0 Å². The molecule has 0 aliphatic carbocycles. The van der Waals surface area contributed by atoms with Gasteiger partial charge in [0.2, 0.25) is 5.89 Å². The van der Waals surface area contributed by atoms with Gasteiger partial charge in [0.1, 0.15) is 11.3 Å². The van der Waals surface area contributed by atoms with E-state index in [1.807, 2.05) is 54.6 Å². The van der Waals surface area contributed by atoms with E-state index in [1.54, 1.807) is 0 Å². The van der Waals surface area contributed by atoms with Crippen LogP contribution >= 0.6 is 0 Å². The molecule has 2 heterocycles. The number of hydrogen-bond acceptors (Lipinski definition) is 5. The van der Waals surface area contributed by atoms with E-state index in [-0.39, 0.29) is 6.23 Å². The summed E-state index contributed by atoms with van der Waals surface area (Å²) in [5.41, 5.74) is 12.6. The number of hydrogen-bond donors (Lipinski definition) is 1. The van der Waals surface area contributed by atoms with E-state index in [0.29, 0.717) is 5.89 Å². The summed E-state index contributed by atoms with van der Waals surface area (Å²) in [7, 11) is 0. The summed E-state index contributed by atoms with van der Waals surface area (Å²) in [6.07, 6.45) is -0.182. The lowest BCUT2D eigenvalue weighted by Crippen LogP contribution is -2.10. The zero-order valence-electron chi connectivity index (χ0n) is 26.5. The Morgan fingerprint density at radius 1 is 0.469 bits per heavy atom. The van der Waals surface area contributed by atoms with Crippen LogP contribution in [0.1, 0.15) is 11.8 Å². The van der Waals surface area contributed by atoms with Crippen LogP contribution in [-0.2, 0) is 0 Å². The first-order valence-electron chi connectivity index (χ1n) is 16.4. The van der Waals surface area contributed by atoms with Crippen LogP contribution in [0, 0.1) is 0 Å². The number of benzene rings is 7. The van der Waals surface area contributed by atoms with Gasteiger partial charge in [-0.25, -0.2) is 4.98 Å². The van der Waals surface area contributed by atoms with Crippen molar-refractivity contribution in [3.05, 3.63) is 181 Å². The maximum Gasteiger partial charge on any atom is 0.227 e. The van der Waals surface area contributed by atoms with Gasteiger partial charge >= 0.3 is 0 Å². The Labute approximate surface area is 284 Å². The zero-order valence-corrected chi connectivity index (χ0v) is 26.5. The fraction of sp³-hybridized carbons (Fsp3) is 0.0227. The number of anilines is 4. The van der Waals surface area contributed by atoms with E-state index < -0.39 is 0 Å². The number of rotatable bonds is 7. The standard InChI is InChI=1S/C44H31N3O2/c1-2-8-36(9-3-1)47(37-26-22-32(23-27-37)30-14-18-34(19-15-30)43-45-39-10-4-6-12-41(39)48-43)38-28-24-33(25-29-38)31-16-20-35(21-17-31)44-46-40-11-5-7-13-42(40)49-44/h1-29,43,45H. The third-order valence-corrected chi connectivity index (χ3v) is 8.99. The average Bonchev–Trinajstić information content (AvgIpc) is 3.81. The highest BCUT2D eigenvalue weighted by molar-refractivity contribution is 5.81. The quantitative estimate of drug-likeness (QED) is 0.189. The molecule has 0 bridgehead atoms. The largest absolute Gasteiger partial charge is 0.464 e. The Bertz CT molecular complexity index is 2310. The van der Waals surface area contributed by atoms with E-state index in [9.17, 15) is 0 Å². The second kappa shape index (κ2) is 12.2. The number of aromatic nitrogens is 1. The molecule has 5 nitrogen and oxygen atoms in total. The summed E-state index contributed by atoms with van der Waals surface area (Å²) in [6.45, 7) is 0. The van der Waals surface area contributed by atoms with Crippen LogP contribution in [0.3, 0.4) is 0 Å². The van der Waals surface area contributed by atoms with Gasteiger partial charge in [-0.1, -0.05) is 103 Å². The smallest absolute Gasteiger partial charge is 0.227 e. The fourth-order valence-electron chi connectivity index (χ4n) is 6.42. The van der Waals surface area contributed by atoms with Crippen molar-refractivity contribution in [2.45, 2.75) is 6.23 Å². The van der Waals surface area contributed by atoms with Crippen LogP contribution in [-0.4, -0.2) is 4.98 Å². The average molecular weight is 634 g/mol. The normalized spacial score (nSPS) is 13.4. The minimum atomic E-state index is -0.182. The topological polar surface area (TPSA) is 50.5 Å². The van der Waals surface area contributed by atoms with Crippen molar-refractivity contribution in [1.29, 1.82) is 0 Å². The van der Waals surface area contributed by atoms with Crippen molar-refractivity contribution < 1.29 is 9.15 Å². The highest BCUT2D eigenvalue weighted by atomic mass is 16.5. The molecule has 5 heteroatoms. The van der Waals surface area contributed by atoms with Crippen LogP contribution in [0.4, 0.5) is 22.7 Å². The second-order valence-corrected chi connectivity index (χ2v) is 12.1. The molecule has 0 saturated carbocycles. The summed E-state index contributed by atoms with van der Waals surface area (Å²) in [6, 6.07) is 60.8. The number of para-hydroxylation sites is 5. The molecule has 1 N–H and O–H groups in total. The lowest BCUT2D eigenvalue weighted by molar-refractivity contribution is 0.260. The van der Waals surface area contributed by atoms with Crippen molar-refractivity contribution >= 4 is 33.8 Å². The molecule has 0 amide bonds. The zero-order chi connectivity index (χ0) is 32.6. The van der Waals surface area contributed by atoms with Crippen molar-refractivity contribution in [2.24, 2.45) is 0 Å². The van der Waals surface area contributed by atoms with E-state index >= 15 is 0 Å². The molecule has 8 aromatic rings. The van der Waals surface area contributed by atoms with Crippen molar-refractivity contribution in [2.75, 3.05) is 10.2 Å². The number of fused-ring (bicyclic) bond motifs is 2. The van der Waals surface area contributed by atoms with Gasteiger partial charge in [0.05, 0.1) is 5.69 Å². The Hall–Kier alpha value is -6.59. The van der Waals surface area contributed by atoms with Crippen LogP contribution in [0.25, 0.3) is 44.8 Å². The molecule has 0 fully saturated rings. The minimum Gasteiger partial charge on any atom is -0.464 e. The van der Waals surface area contributed by atoms with Gasteiger partial charge in [0.15, 0.2) is 11.8 Å². The summed E-state index contributed by atoms with van der Waals surface area (Å²) in [5.74, 6) is 1.52. The molecule has 1 unspecified atom stereocenters. The van der Waals surface area contributed by atoms with Gasteiger partial charge in [0, 0.05) is 28.2 Å². The van der Waals surface area contributed by atoms with Crippen LogP contribution in [0.2, 0.25) is 0 Å². The molecule has 0 spiro atoms. The molecule has 49 heavy (non-hydrogen) atoms. The summed E-state index contributed by atoms with van der Waals surface area (Å²) < 4.78 is 12.1. The molecule has 7 aromatic carbocycles. The Kier molecular flexibility index (Phi) is 7.13. The lowest BCUT2D eigenvalue weighted by atomic mass is 10.0. The van der Waals surface area contributed by atoms with E-state index in [1.165, 1.54) is 0 Å². The van der Waals surface area contributed by atoms with Crippen molar-refractivity contribution in [3.8, 4) is 39.5 Å². The number of nitrogens with one attached hydrogen (secondary N) is 1. The molecule has 1 aliphatic heterocycles. The highest BCUT2D eigenvalue weighted by Crippen LogP contribution is 2.39. The minimum absolute atomic E-state index is 0.182. The van der Waals surface area contributed by atoms with E-state index in [0.717, 1.165) is 73.0 Å². The Morgan fingerprint density at radius 3 is 1.61 bits per heavy atom. The summed E-state index contributed by atoms with van der Waals surface area (Å²) in [4.78, 5) is 6.93. The van der Waals surface area contributed by atoms with Crippen LogP contribution in [0.15, 0.2) is 180 Å². The Morgan fingerprint density at radius 2 is 0.980 bits per heavy atom. The fourth-order valence-corrected chi connectivity index (χ4v) is 6.42. The summed E-state index contributed by atoms with van der Waals surface area (Å²) >= 11 is 0. The molecule has 1 aliphatic rings. The third-order valence-electron chi connectivity index (χ3n) is 8.99. The molecule has 234 valence electrons. The highest BCUT2D eigenvalue weighted by Gasteiger charge is 2.22. The molecular formula is C44H31N3O2. The van der Waals surface area contributed by atoms with Crippen LogP contribution < -0.4 is 15.0 Å². The molecular weight excluding hydrogens is 603 g/mol. The molecule has 0 radical (unpaired) electrons. The van der Waals surface area contributed by atoms with Gasteiger partial charge in [-0.2, -0.15) is 0 Å². The molecule has 9 rings (SSSR count). The van der Waals surface area contributed by atoms with Gasteiger partial charge in [0.25, 0.3) is 0 Å². The summed E-state index contributed by atoms with van der Waals surface area (Å²) in [5, 5.41) is 3.45. The molecule has 1 atom stereocenters. The van der Waals surface area contributed by atoms with E-state index in [4.69, 9.17) is 9.15 Å². The number of ether oxygens (including phenoxy) is 1. The third kappa shape index (κ3) is 5.57. The second-order valence-electron chi connectivity index (χ2n) is 12.1. The van der Waals surface area contributed by atoms with E-state index in [2.05, 4.69) is 137 Å². The van der Waals surface area contributed by atoms with Gasteiger partial charge in [-0.15, -0.1) is 0 Å². The maximum absolute atomic E-state index is 6.11. The number of oxazole rings is 1. The Balaban J connectivity index is 0.950.